The first-order valence-electron chi connectivity index (χ1n) is 14.9. The van der Waals surface area contributed by atoms with Crippen molar-refractivity contribution < 1.29 is 9.53 Å². The van der Waals surface area contributed by atoms with Gasteiger partial charge in [0.1, 0.15) is 11.5 Å². The summed E-state index contributed by atoms with van der Waals surface area (Å²) >= 11 is 0. The standard InChI is InChI=1S/C30H40N10O2.CH4/c1-18(2)24-17-33-40-27(24)37-30(39-12-8-21(31)9-13-39)38-29(40)32-16-20-6-4-5-7-23(20)26-34-19(3)25(36-26)28(41)35-22-10-14-42-15-11-22;/h4-7,17-18,21-22H,8-16,31H2,1-3H3,(H,34,36)(H,35,41)(H,32,37,38);1H4. The van der Waals surface area contributed by atoms with Gasteiger partial charge >= 0.3 is 0 Å². The average molecular weight is 589 g/mol. The van der Waals surface area contributed by atoms with Gasteiger partial charge in [-0.3, -0.25) is 4.79 Å². The molecule has 5 heterocycles. The summed E-state index contributed by atoms with van der Waals surface area (Å²) in [5.41, 5.74) is 11.1. The number of H-pyrrole nitrogens is 1. The SMILES string of the molecule is C.Cc1[nH]c(-c2ccccc2CNc2nc(N3CCC(N)CC3)nc3c(C(C)C)cnn23)nc1C(=O)NC1CCOCC1. The number of hydrogen-bond acceptors (Lipinski definition) is 9. The third-order valence-corrected chi connectivity index (χ3v) is 8.19. The van der Waals surface area contributed by atoms with Crippen LogP contribution < -0.4 is 21.3 Å². The first-order valence-corrected chi connectivity index (χ1v) is 14.9. The van der Waals surface area contributed by atoms with Gasteiger partial charge in [0.15, 0.2) is 5.65 Å². The molecule has 2 saturated heterocycles. The van der Waals surface area contributed by atoms with Gasteiger partial charge in [0, 0.05) is 61.8 Å². The summed E-state index contributed by atoms with van der Waals surface area (Å²) in [6, 6.07) is 8.37. The number of piperidine rings is 1. The number of nitrogens with two attached hydrogens (primary N) is 1. The number of aromatic nitrogens is 6. The maximum Gasteiger partial charge on any atom is 0.271 e. The van der Waals surface area contributed by atoms with Crippen LogP contribution in [-0.2, 0) is 11.3 Å². The molecule has 2 fully saturated rings. The van der Waals surface area contributed by atoms with Crippen molar-refractivity contribution in [1.82, 2.24) is 34.9 Å². The van der Waals surface area contributed by atoms with Gasteiger partial charge in [0.2, 0.25) is 11.9 Å². The van der Waals surface area contributed by atoms with Crippen LogP contribution in [0.5, 0.6) is 0 Å². The Labute approximate surface area is 252 Å². The van der Waals surface area contributed by atoms with E-state index in [4.69, 9.17) is 25.4 Å². The molecule has 2 aliphatic rings. The molecule has 0 radical (unpaired) electrons. The largest absolute Gasteiger partial charge is 0.381 e. The minimum absolute atomic E-state index is 0. The molecule has 1 amide bonds. The van der Waals surface area contributed by atoms with Crippen LogP contribution in [0.15, 0.2) is 30.5 Å². The zero-order valence-electron chi connectivity index (χ0n) is 24.6. The Morgan fingerprint density at radius 2 is 1.86 bits per heavy atom. The fraction of sp³-hybridized carbons (Fsp3) is 0.516. The fourth-order valence-corrected chi connectivity index (χ4v) is 5.63. The van der Waals surface area contributed by atoms with Crippen LogP contribution in [0.3, 0.4) is 0 Å². The number of rotatable bonds is 8. The summed E-state index contributed by atoms with van der Waals surface area (Å²) in [7, 11) is 0. The highest BCUT2D eigenvalue weighted by Gasteiger charge is 2.24. The van der Waals surface area contributed by atoms with E-state index < -0.39 is 0 Å². The smallest absolute Gasteiger partial charge is 0.271 e. The lowest BCUT2D eigenvalue weighted by Gasteiger charge is -2.30. The summed E-state index contributed by atoms with van der Waals surface area (Å²) in [5, 5.41) is 11.3. The normalized spacial score (nSPS) is 16.4. The van der Waals surface area contributed by atoms with Gasteiger partial charge in [-0.15, -0.1) is 0 Å². The van der Waals surface area contributed by atoms with Crippen LogP contribution in [0.25, 0.3) is 17.0 Å². The zero-order valence-corrected chi connectivity index (χ0v) is 24.6. The molecule has 43 heavy (non-hydrogen) atoms. The van der Waals surface area contributed by atoms with Crippen molar-refractivity contribution in [2.75, 3.05) is 36.5 Å². The molecule has 6 rings (SSSR count). The van der Waals surface area contributed by atoms with Crippen LogP contribution in [0, 0.1) is 6.92 Å². The van der Waals surface area contributed by atoms with Crippen LogP contribution in [0.1, 0.15) is 80.2 Å². The van der Waals surface area contributed by atoms with Gasteiger partial charge in [-0.2, -0.15) is 19.6 Å². The minimum atomic E-state index is -0.160. The van der Waals surface area contributed by atoms with E-state index in [0.717, 1.165) is 66.8 Å². The average Bonchev–Trinajstić information content (AvgIpc) is 3.61. The van der Waals surface area contributed by atoms with Gasteiger partial charge in [-0.05, 0) is 44.1 Å². The summed E-state index contributed by atoms with van der Waals surface area (Å²) in [6.07, 6.45) is 5.34. The number of nitrogens with zero attached hydrogens (tertiary/aromatic N) is 6. The quantitative estimate of drug-likeness (QED) is 0.239. The number of aromatic amines is 1. The molecule has 5 N–H and O–H groups in total. The Morgan fingerprint density at radius 3 is 2.60 bits per heavy atom. The molecular weight excluding hydrogens is 544 g/mol. The molecule has 0 spiro atoms. The maximum atomic E-state index is 13.0. The number of nitrogens with one attached hydrogen (secondary N) is 3. The van der Waals surface area contributed by atoms with E-state index >= 15 is 0 Å². The van der Waals surface area contributed by atoms with Crippen molar-refractivity contribution in [2.45, 2.75) is 78.4 Å². The van der Waals surface area contributed by atoms with E-state index in [0.29, 0.717) is 43.2 Å². The molecule has 1 aromatic carbocycles. The molecule has 0 atom stereocenters. The zero-order chi connectivity index (χ0) is 29.2. The predicted molar refractivity (Wildman–Crippen MR) is 168 cm³/mol. The minimum Gasteiger partial charge on any atom is -0.381 e. The lowest BCUT2D eigenvalue weighted by atomic mass is 10.1. The van der Waals surface area contributed by atoms with E-state index in [2.05, 4.69) is 45.5 Å². The number of imidazole rings is 1. The second-order valence-electron chi connectivity index (χ2n) is 11.6. The van der Waals surface area contributed by atoms with Crippen LogP contribution in [-0.4, -0.2) is 73.8 Å². The molecule has 2 aliphatic heterocycles. The van der Waals surface area contributed by atoms with Gasteiger partial charge in [-0.1, -0.05) is 45.5 Å². The van der Waals surface area contributed by atoms with E-state index in [9.17, 15) is 4.79 Å². The number of benzene rings is 1. The van der Waals surface area contributed by atoms with Crippen molar-refractivity contribution in [1.29, 1.82) is 0 Å². The van der Waals surface area contributed by atoms with Crippen molar-refractivity contribution in [2.24, 2.45) is 5.73 Å². The number of amides is 1. The number of ether oxygens (including phenoxy) is 1. The topological polar surface area (TPSA) is 151 Å². The van der Waals surface area contributed by atoms with Gasteiger partial charge in [-0.25, -0.2) is 4.98 Å². The van der Waals surface area contributed by atoms with Gasteiger partial charge in [0.25, 0.3) is 5.91 Å². The molecule has 12 heteroatoms. The molecule has 0 unspecified atom stereocenters. The van der Waals surface area contributed by atoms with Crippen LogP contribution in [0.2, 0.25) is 0 Å². The Hall–Kier alpha value is -4.03. The molecule has 0 aliphatic carbocycles. The fourth-order valence-electron chi connectivity index (χ4n) is 5.63. The first-order chi connectivity index (χ1) is 20.4. The van der Waals surface area contributed by atoms with Crippen molar-refractivity contribution >= 4 is 23.5 Å². The lowest BCUT2D eigenvalue weighted by Crippen LogP contribution is -2.40. The van der Waals surface area contributed by atoms with Crippen LogP contribution in [0.4, 0.5) is 11.9 Å². The Balaban J connectivity index is 0.00000368. The second kappa shape index (κ2) is 13.1. The van der Waals surface area contributed by atoms with Gasteiger partial charge in [0.05, 0.1) is 6.20 Å². The lowest BCUT2D eigenvalue weighted by molar-refractivity contribution is 0.0694. The molecule has 0 bridgehead atoms. The number of hydrogen-bond donors (Lipinski definition) is 4. The second-order valence-corrected chi connectivity index (χ2v) is 11.6. The van der Waals surface area contributed by atoms with E-state index in [1.807, 2.05) is 31.3 Å². The number of carbonyl (C=O) groups is 1. The number of fused-ring (bicyclic) bond motifs is 1. The summed E-state index contributed by atoms with van der Waals surface area (Å²) in [5.74, 6) is 2.08. The number of aryl methyl sites for hydroxylation is 1. The van der Waals surface area contributed by atoms with E-state index in [-0.39, 0.29) is 31.3 Å². The maximum absolute atomic E-state index is 13.0. The molecule has 230 valence electrons. The van der Waals surface area contributed by atoms with E-state index in [1.165, 1.54) is 0 Å². The van der Waals surface area contributed by atoms with Crippen molar-refractivity contribution in [3.8, 4) is 11.4 Å². The molecule has 0 saturated carbocycles. The third kappa shape index (κ3) is 6.50. The predicted octanol–water partition coefficient (Wildman–Crippen LogP) is 4.03. The number of anilines is 2. The molecule has 4 aromatic rings. The van der Waals surface area contributed by atoms with Crippen molar-refractivity contribution in [3.63, 3.8) is 0 Å². The monoisotopic (exact) mass is 588 g/mol. The number of carbonyl (C=O) groups excluding carboxylic acids is 1. The molecular formula is C31H44N10O2. The summed E-state index contributed by atoms with van der Waals surface area (Å²) in [4.78, 5) is 33.2. The highest BCUT2D eigenvalue weighted by molar-refractivity contribution is 5.94. The third-order valence-electron chi connectivity index (χ3n) is 8.19. The van der Waals surface area contributed by atoms with Crippen molar-refractivity contribution in [3.05, 3.63) is 53.0 Å². The van der Waals surface area contributed by atoms with Crippen LogP contribution >= 0.6 is 0 Å². The molecule has 12 nitrogen and oxygen atoms in total. The first kappa shape index (κ1) is 30.4. The van der Waals surface area contributed by atoms with Gasteiger partial charge < -0.3 is 31.0 Å². The summed E-state index contributed by atoms with van der Waals surface area (Å²) < 4.78 is 7.20. The highest BCUT2D eigenvalue weighted by atomic mass is 16.5. The highest BCUT2D eigenvalue weighted by Crippen LogP contribution is 2.27. The Kier molecular flexibility index (Phi) is 9.26. The summed E-state index contributed by atoms with van der Waals surface area (Å²) in [6.45, 7) is 9.64. The molecule has 3 aromatic heterocycles. The Bertz CT molecular complexity index is 1550. The Morgan fingerprint density at radius 1 is 1.12 bits per heavy atom. The van der Waals surface area contributed by atoms with E-state index in [1.54, 1.807) is 4.52 Å².